The number of amides is 2. The first-order valence-corrected chi connectivity index (χ1v) is 9.28. The van der Waals surface area contributed by atoms with Crippen molar-refractivity contribution in [2.45, 2.75) is 58.3 Å². The molecule has 3 aliphatic carbocycles. The van der Waals surface area contributed by atoms with Crippen LogP contribution in [0.1, 0.15) is 58.3 Å². The van der Waals surface area contributed by atoms with Gasteiger partial charge in [0.15, 0.2) is 0 Å². The van der Waals surface area contributed by atoms with E-state index in [0.29, 0.717) is 18.4 Å². The quantitative estimate of drug-likeness (QED) is 0.732. The van der Waals surface area contributed by atoms with E-state index in [-0.39, 0.29) is 11.8 Å². The number of nitrogens with zero attached hydrogens (tertiary/aromatic N) is 1. The molecular formula is C19H27NO2. The third-order valence-electron chi connectivity index (χ3n) is 6.96. The molecule has 0 saturated heterocycles. The molecule has 2 amide bonds. The lowest BCUT2D eigenvalue weighted by molar-refractivity contribution is -0.137. The smallest absolute Gasteiger partial charge is 0.257 e. The van der Waals surface area contributed by atoms with Crippen molar-refractivity contribution in [3.8, 4) is 0 Å². The van der Waals surface area contributed by atoms with E-state index >= 15 is 0 Å². The SMILES string of the molecule is CCN1C(=O)C=C(C2CCCC3C4CCCCC4CC23)C1=O. The Labute approximate surface area is 133 Å². The van der Waals surface area contributed by atoms with Crippen molar-refractivity contribution in [1.29, 1.82) is 0 Å². The van der Waals surface area contributed by atoms with Crippen LogP contribution in [0.4, 0.5) is 0 Å². The molecule has 1 aliphatic heterocycles. The van der Waals surface area contributed by atoms with Gasteiger partial charge < -0.3 is 0 Å². The Morgan fingerprint density at radius 3 is 2.55 bits per heavy atom. The van der Waals surface area contributed by atoms with Gasteiger partial charge >= 0.3 is 0 Å². The molecule has 4 rings (SSSR count). The Morgan fingerprint density at radius 1 is 1.00 bits per heavy atom. The molecule has 0 bridgehead atoms. The predicted octanol–water partition coefficient (Wildman–Crippen LogP) is 3.54. The van der Waals surface area contributed by atoms with Crippen molar-refractivity contribution < 1.29 is 9.59 Å². The van der Waals surface area contributed by atoms with Gasteiger partial charge in [0.25, 0.3) is 11.8 Å². The number of fused-ring (bicyclic) bond motifs is 3. The number of likely N-dealkylation sites (N-methyl/N-ethyl adjacent to an activating group) is 1. The number of carbonyl (C=O) groups is 2. The van der Waals surface area contributed by atoms with E-state index in [2.05, 4.69) is 0 Å². The normalized spacial score (nSPS) is 41.4. The average Bonchev–Trinajstić information content (AvgIpc) is 3.04. The predicted molar refractivity (Wildman–Crippen MR) is 84.9 cm³/mol. The highest BCUT2D eigenvalue weighted by Crippen LogP contribution is 2.57. The molecule has 0 spiro atoms. The molecule has 22 heavy (non-hydrogen) atoms. The minimum absolute atomic E-state index is 0.00743. The molecule has 0 aromatic carbocycles. The lowest BCUT2D eigenvalue weighted by atomic mass is 9.68. The summed E-state index contributed by atoms with van der Waals surface area (Å²) >= 11 is 0. The van der Waals surface area contributed by atoms with E-state index in [1.165, 1.54) is 49.8 Å². The fourth-order valence-corrected chi connectivity index (χ4v) is 6.09. The average molecular weight is 301 g/mol. The molecule has 0 aromatic heterocycles. The van der Waals surface area contributed by atoms with Crippen LogP contribution >= 0.6 is 0 Å². The molecule has 0 N–H and O–H groups in total. The van der Waals surface area contributed by atoms with Crippen molar-refractivity contribution >= 4 is 11.8 Å². The number of carbonyl (C=O) groups excluding carboxylic acids is 2. The van der Waals surface area contributed by atoms with Crippen molar-refractivity contribution in [2.24, 2.45) is 29.6 Å². The summed E-state index contributed by atoms with van der Waals surface area (Å²) in [6.45, 7) is 2.39. The van der Waals surface area contributed by atoms with Gasteiger partial charge in [-0.25, -0.2) is 0 Å². The standard InChI is InChI=1S/C19H27NO2/c1-2-20-18(21)11-17(19(20)22)15-9-5-8-14-13-7-4-3-6-12(13)10-16(14)15/h11-16H,2-10H2,1H3. The van der Waals surface area contributed by atoms with Crippen LogP contribution in [-0.2, 0) is 9.59 Å². The third-order valence-corrected chi connectivity index (χ3v) is 6.96. The van der Waals surface area contributed by atoms with Gasteiger partial charge in [0.2, 0.25) is 0 Å². The first-order valence-electron chi connectivity index (χ1n) is 9.28. The molecule has 3 nitrogen and oxygen atoms in total. The summed E-state index contributed by atoms with van der Waals surface area (Å²) in [5.74, 6) is 3.59. The summed E-state index contributed by atoms with van der Waals surface area (Å²) in [7, 11) is 0. The van der Waals surface area contributed by atoms with Gasteiger partial charge in [-0.3, -0.25) is 14.5 Å². The summed E-state index contributed by atoms with van der Waals surface area (Å²) < 4.78 is 0. The number of hydrogen-bond acceptors (Lipinski definition) is 2. The lowest BCUT2D eigenvalue weighted by Gasteiger charge is -2.37. The van der Waals surface area contributed by atoms with Crippen LogP contribution < -0.4 is 0 Å². The monoisotopic (exact) mass is 301 g/mol. The van der Waals surface area contributed by atoms with Gasteiger partial charge in [0.05, 0.1) is 0 Å². The summed E-state index contributed by atoms with van der Waals surface area (Å²) in [6.07, 6.45) is 12.3. The van der Waals surface area contributed by atoms with Crippen molar-refractivity contribution in [2.75, 3.05) is 6.54 Å². The molecule has 3 heteroatoms. The molecule has 3 fully saturated rings. The fourth-order valence-electron chi connectivity index (χ4n) is 6.09. The van der Waals surface area contributed by atoms with Crippen LogP contribution in [-0.4, -0.2) is 23.3 Å². The van der Waals surface area contributed by atoms with E-state index in [9.17, 15) is 9.59 Å². The summed E-state index contributed by atoms with van der Waals surface area (Å²) in [5, 5.41) is 0. The van der Waals surface area contributed by atoms with Crippen LogP contribution in [0.25, 0.3) is 0 Å². The van der Waals surface area contributed by atoms with Gasteiger partial charge in [0.1, 0.15) is 0 Å². The van der Waals surface area contributed by atoms with E-state index in [4.69, 9.17) is 0 Å². The highest BCUT2D eigenvalue weighted by molar-refractivity contribution is 6.16. The molecule has 0 aromatic rings. The second-order valence-electron chi connectivity index (χ2n) is 7.80. The minimum Gasteiger partial charge on any atom is -0.275 e. The zero-order valence-corrected chi connectivity index (χ0v) is 13.6. The minimum atomic E-state index is -0.0833. The van der Waals surface area contributed by atoms with Crippen LogP contribution in [0.2, 0.25) is 0 Å². The molecule has 0 radical (unpaired) electrons. The molecule has 4 aliphatic rings. The Bertz CT molecular complexity index is 524. The second kappa shape index (κ2) is 5.50. The lowest BCUT2D eigenvalue weighted by Crippen LogP contribution is -2.35. The number of imide groups is 1. The van der Waals surface area contributed by atoms with Crippen molar-refractivity contribution in [1.82, 2.24) is 4.90 Å². The highest BCUT2D eigenvalue weighted by atomic mass is 16.2. The Balaban J connectivity index is 1.59. The van der Waals surface area contributed by atoms with Crippen LogP contribution in [0.5, 0.6) is 0 Å². The van der Waals surface area contributed by atoms with E-state index in [0.717, 1.165) is 29.7 Å². The molecule has 5 atom stereocenters. The number of hydrogen-bond donors (Lipinski definition) is 0. The maximum atomic E-state index is 12.6. The third kappa shape index (κ3) is 2.08. The van der Waals surface area contributed by atoms with Gasteiger partial charge in [0, 0.05) is 18.2 Å². The Morgan fingerprint density at radius 2 is 1.77 bits per heavy atom. The van der Waals surface area contributed by atoms with Gasteiger partial charge in [-0.05, 0) is 62.2 Å². The maximum absolute atomic E-state index is 12.6. The largest absolute Gasteiger partial charge is 0.275 e. The first kappa shape index (κ1) is 14.5. The fraction of sp³-hybridized carbons (Fsp3) is 0.789. The molecule has 1 heterocycles. The molecule has 5 unspecified atom stereocenters. The van der Waals surface area contributed by atoms with E-state index in [1.54, 1.807) is 6.08 Å². The Kier molecular flexibility index (Phi) is 3.62. The Hall–Kier alpha value is -1.12. The molecule has 120 valence electrons. The van der Waals surface area contributed by atoms with E-state index in [1.807, 2.05) is 6.92 Å². The van der Waals surface area contributed by atoms with Crippen LogP contribution in [0.15, 0.2) is 11.6 Å². The summed E-state index contributed by atoms with van der Waals surface area (Å²) in [6, 6.07) is 0. The second-order valence-corrected chi connectivity index (χ2v) is 7.80. The number of rotatable bonds is 2. The first-order chi connectivity index (χ1) is 10.7. The zero-order valence-electron chi connectivity index (χ0n) is 13.6. The van der Waals surface area contributed by atoms with Gasteiger partial charge in [-0.15, -0.1) is 0 Å². The van der Waals surface area contributed by atoms with Crippen molar-refractivity contribution in [3.63, 3.8) is 0 Å². The maximum Gasteiger partial charge on any atom is 0.257 e. The molecule has 3 saturated carbocycles. The van der Waals surface area contributed by atoms with Crippen LogP contribution in [0.3, 0.4) is 0 Å². The van der Waals surface area contributed by atoms with E-state index < -0.39 is 0 Å². The highest BCUT2D eigenvalue weighted by Gasteiger charge is 2.50. The topological polar surface area (TPSA) is 37.4 Å². The van der Waals surface area contributed by atoms with Gasteiger partial charge in [-0.2, -0.15) is 0 Å². The summed E-state index contributed by atoms with van der Waals surface area (Å²) in [4.78, 5) is 26.0. The van der Waals surface area contributed by atoms with Crippen LogP contribution in [0, 0.1) is 29.6 Å². The van der Waals surface area contributed by atoms with Gasteiger partial charge in [-0.1, -0.05) is 25.7 Å². The molecular weight excluding hydrogens is 274 g/mol. The summed E-state index contributed by atoms with van der Waals surface area (Å²) in [5.41, 5.74) is 0.847. The zero-order chi connectivity index (χ0) is 15.3. The van der Waals surface area contributed by atoms with Crippen molar-refractivity contribution in [3.05, 3.63) is 11.6 Å².